The Morgan fingerprint density at radius 3 is 1.71 bits per heavy atom. The average Bonchev–Trinajstić information content (AvgIpc) is 1.99. The predicted molar refractivity (Wildman–Crippen MR) is 35.2 cm³/mol. The van der Waals surface area contributed by atoms with Crippen molar-refractivity contribution < 1.29 is 26.3 Å². The largest absolute Gasteiger partial charge is 0.386 e. The first kappa shape index (κ1) is 11.6. The van der Waals surface area contributed by atoms with E-state index in [-0.39, 0.29) is 11.9 Å². The van der Waals surface area contributed by atoms with Crippen LogP contribution in [-0.2, 0) is 0 Å². The molecule has 0 spiro atoms. The molecule has 0 bridgehead atoms. The number of hydrogen-bond acceptors (Lipinski definition) is 2. The number of hydrogen-bond donors (Lipinski definition) is 0. The van der Waals surface area contributed by atoms with Gasteiger partial charge in [-0.2, -0.15) is 31.2 Å². The Bertz CT molecular complexity index is 240. The highest BCUT2D eigenvalue weighted by Crippen LogP contribution is 2.46. The SMILES string of the molecule is CN1CC(F)(F)N(C)C(F)(F)C1(F)F. The summed E-state index contributed by atoms with van der Waals surface area (Å²) >= 11 is 0. The molecule has 0 aliphatic carbocycles. The van der Waals surface area contributed by atoms with Crippen molar-refractivity contribution >= 4 is 0 Å². The third-order valence-electron chi connectivity index (χ3n) is 2.18. The van der Waals surface area contributed by atoms with E-state index in [1.165, 1.54) is 0 Å². The molecule has 1 aliphatic heterocycles. The average molecular weight is 222 g/mol. The van der Waals surface area contributed by atoms with Gasteiger partial charge in [-0.05, 0) is 14.1 Å². The standard InChI is InChI=1S/C6H8F6N2/c1-13-3-4(7,8)14(2)6(11,12)5(13,9)10/h3H2,1-2H3. The van der Waals surface area contributed by atoms with E-state index in [9.17, 15) is 26.3 Å². The van der Waals surface area contributed by atoms with E-state index in [1.807, 2.05) is 0 Å². The van der Waals surface area contributed by atoms with Gasteiger partial charge in [-0.1, -0.05) is 0 Å². The molecule has 0 atom stereocenters. The number of nitrogens with zero attached hydrogens (tertiary/aromatic N) is 2. The summed E-state index contributed by atoms with van der Waals surface area (Å²) in [5, 5.41) is 0. The second-order valence-electron chi connectivity index (χ2n) is 3.16. The van der Waals surface area contributed by atoms with Crippen molar-refractivity contribution in [1.82, 2.24) is 9.80 Å². The fraction of sp³-hybridized carbons (Fsp3) is 1.00. The monoisotopic (exact) mass is 222 g/mol. The van der Waals surface area contributed by atoms with Crippen LogP contribution in [0.3, 0.4) is 0 Å². The van der Waals surface area contributed by atoms with Gasteiger partial charge in [0, 0.05) is 0 Å². The third kappa shape index (κ3) is 1.28. The number of alkyl halides is 6. The minimum atomic E-state index is -4.89. The maximum absolute atomic E-state index is 12.8. The van der Waals surface area contributed by atoms with E-state index in [1.54, 1.807) is 0 Å². The normalized spacial score (nSPS) is 31.7. The van der Waals surface area contributed by atoms with Crippen LogP contribution in [0.5, 0.6) is 0 Å². The van der Waals surface area contributed by atoms with Crippen LogP contribution < -0.4 is 0 Å². The van der Waals surface area contributed by atoms with Gasteiger partial charge in [0.2, 0.25) is 0 Å². The maximum Gasteiger partial charge on any atom is 0.386 e. The predicted octanol–water partition coefficient (Wildman–Crippen LogP) is 1.64. The van der Waals surface area contributed by atoms with Crippen molar-refractivity contribution in [2.45, 2.75) is 18.1 Å². The Morgan fingerprint density at radius 2 is 1.29 bits per heavy atom. The summed E-state index contributed by atoms with van der Waals surface area (Å²) in [6.07, 6.45) is 0. The summed E-state index contributed by atoms with van der Waals surface area (Å²) in [4.78, 5) is -1.26. The quantitative estimate of drug-likeness (QED) is 0.454. The zero-order chi connectivity index (χ0) is 11.4. The highest BCUT2D eigenvalue weighted by Gasteiger charge is 2.71. The van der Waals surface area contributed by atoms with E-state index in [0.717, 1.165) is 0 Å². The van der Waals surface area contributed by atoms with Crippen LogP contribution in [0.1, 0.15) is 0 Å². The summed E-state index contributed by atoms with van der Waals surface area (Å²) in [7, 11) is 0.787. The molecule has 0 radical (unpaired) electrons. The molecular formula is C6H8F6N2. The van der Waals surface area contributed by atoms with Crippen LogP contribution in [-0.4, -0.2) is 48.6 Å². The Hall–Kier alpha value is -0.500. The molecule has 0 unspecified atom stereocenters. The fourth-order valence-corrected chi connectivity index (χ4v) is 1.13. The molecule has 0 aromatic rings. The molecule has 0 aromatic heterocycles. The van der Waals surface area contributed by atoms with Crippen LogP contribution in [0, 0.1) is 0 Å². The lowest BCUT2D eigenvalue weighted by Gasteiger charge is -2.47. The van der Waals surface area contributed by atoms with Crippen molar-refractivity contribution in [2.75, 3.05) is 20.6 Å². The Labute approximate surface area is 76.1 Å². The molecule has 14 heavy (non-hydrogen) atoms. The van der Waals surface area contributed by atoms with E-state index in [2.05, 4.69) is 0 Å². The highest BCUT2D eigenvalue weighted by atomic mass is 19.3. The lowest BCUT2D eigenvalue weighted by Crippen LogP contribution is -2.72. The fourth-order valence-electron chi connectivity index (χ4n) is 1.13. The molecule has 0 amide bonds. The molecule has 0 N–H and O–H groups in total. The molecule has 1 rings (SSSR count). The second kappa shape index (κ2) is 2.75. The van der Waals surface area contributed by atoms with Gasteiger partial charge < -0.3 is 0 Å². The molecule has 2 nitrogen and oxygen atoms in total. The first-order valence-corrected chi connectivity index (χ1v) is 3.62. The van der Waals surface area contributed by atoms with Gasteiger partial charge in [-0.25, -0.2) is 4.90 Å². The molecule has 0 saturated carbocycles. The molecule has 0 aromatic carbocycles. The van der Waals surface area contributed by atoms with Gasteiger partial charge in [-0.15, -0.1) is 0 Å². The first-order valence-electron chi connectivity index (χ1n) is 3.62. The Kier molecular flexibility index (Phi) is 2.28. The van der Waals surface area contributed by atoms with Crippen LogP contribution in [0.4, 0.5) is 26.3 Å². The van der Waals surface area contributed by atoms with Crippen LogP contribution in [0.15, 0.2) is 0 Å². The molecule has 8 heteroatoms. The number of rotatable bonds is 0. The van der Waals surface area contributed by atoms with Gasteiger partial charge in [-0.3, -0.25) is 0 Å². The van der Waals surface area contributed by atoms with Gasteiger partial charge in [0.15, 0.2) is 0 Å². The Balaban J connectivity index is 3.12. The zero-order valence-corrected chi connectivity index (χ0v) is 7.37. The van der Waals surface area contributed by atoms with E-state index in [4.69, 9.17) is 0 Å². The lowest BCUT2D eigenvalue weighted by atomic mass is 10.2. The Morgan fingerprint density at radius 1 is 0.857 bits per heavy atom. The van der Waals surface area contributed by atoms with Crippen LogP contribution in [0.25, 0.3) is 0 Å². The highest BCUT2D eigenvalue weighted by molar-refractivity contribution is 4.93. The van der Waals surface area contributed by atoms with Gasteiger partial charge in [0.05, 0.1) is 6.54 Å². The van der Waals surface area contributed by atoms with Gasteiger partial charge in [0.25, 0.3) is 0 Å². The van der Waals surface area contributed by atoms with E-state index < -0.39 is 29.6 Å². The molecule has 1 saturated heterocycles. The molecule has 1 heterocycles. The van der Waals surface area contributed by atoms with Gasteiger partial charge in [0.1, 0.15) is 0 Å². The lowest BCUT2D eigenvalue weighted by molar-refractivity contribution is -0.415. The summed E-state index contributed by atoms with van der Waals surface area (Å²) in [5.74, 6) is 0. The number of piperazine rings is 1. The summed E-state index contributed by atoms with van der Waals surface area (Å²) in [5.41, 5.74) is 0. The molecule has 84 valence electrons. The van der Waals surface area contributed by atoms with E-state index in [0.29, 0.717) is 7.05 Å². The summed E-state index contributed by atoms with van der Waals surface area (Å²) in [6, 6.07) is -13.5. The van der Waals surface area contributed by atoms with E-state index >= 15 is 0 Å². The summed E-state index contributed by atoms with van der Waals surface area (Å²) in [6.45, 7) is -1.44. The van der Waals surface area contributed by atoms with Crippen molar-refractivity contribution in [3.63, 3.8) is 0 Å². The maximum atomic E-state index is 12.8. The number of halogens is 6. The van der Waals surface area contributed by atoms with Crippen molar-refractivity contribution in [3.8, 4) is 0 Å². The number of likely N-dealkylation sites (N-methyl/N-ethyl adjacent to an activating group) is 2. The zero-order valence-electron chi connectivity index (χ0n) is 7.37. The minimum absolute atomic E-state index is 0.265. The van der Waals surface area contributed by atoms with Gasteiger partial charge >= 0.3 is 18.1 Å². The summed E-state index contributed by atoms with van der Waals surface area (Å²) < 4.78 is 76.6. The van der Waals surface area contributed by atoms with Crippen LogP contribution in [0.2, 0.25) is 0 Å². The topological polar surface area (TPSA) is 6.48 Å². The van der Waals surface area contributed by atoms with Crippen molar-refractivity contribution in [2.24, 2.45) is 0 Å². The molecular weight excluding hydrogens is 214 g/mol. The smallest absolute Gasteiger partial charge is 0.233 e. The molecule has 1 aliphatic rings. The minimum Gasteiger partial charge on any atom is -0.233 e. The third-order valence-corrected chi connectivity index (χ3v) is 2.18. The van der Waals surface area contributed by atoms with Crippen molar-refractivity contribution in [3.05, 3.63) is 0 Å². The first-order chi connectivity index (χ1) is 6.03. The second-order valence-corrected chi connectivity index (χ2v) is 3.16. The molecule has 1 fully saturated rings. The van der Waals surface area contributed by atoms with Crippen LogP contribution >= 0.6 is 0 Å². The van der Waals surface area contributed by atoms with Crippen molar-refractivity contribution in [1.29, 1.82) is 0 Å².